The van der Waals surface area contributed by atoms with Crippen LogP contribution in [-0.4, -0.2) is 15.0 Å². The Labute approximate surface area is 125 Å². The molecular formula is C17H22N4. The Morgan fingerprint density at radius 2 is 1.95 bits per heavy atom. The maximum Gasteiger partial charge on any atom is 0.178 e. The van der Waals surface area contributed by atoms with Crippen LogP contribution in [0, 0.1) is 19.3 Å². The minimum absolute atomic E-state index is 0.0323. The summed E-state index contributed by atoms with van der Waals surface area (Å²) < 4.78 is 0. The van der Waals surface area contributed by atoms with Crippen molar-refractivity contribution in [2.75, 3.05) is 0 Å². The molecule has 2 heterocycles. The van der Waals surface area contributed by atoms with E-state index in [0.717, 1.165) is 40.9 Å². The summed E-state index contributed by atoms with van der Waals surface area (Å²) in [6, 6.07) is 2.14. The first-order chi connectivity index (χ1) is 9.85. The monoisotopic (exact) mass is 282 g/mol. The van der Waals surface area contributed by atoms with E-state index in [4.69, 9.17) is 10.7 Å². The van der Waals surface area contributed by atoms with Gasteiger partial charge < -0.3 is 5.73 Å². The van der Waals surface area contributed by atoms with Gasteiger partial charge >= 0.3 is 0 Å². The van der Waals surface area contributed by atoms with E-state index in [9.17, 15) is 0 Å². The van der Waals surface area contributed by atoms with Gasteiger partial charge in [0.25, 0.3) is 0 Å². The van der Waals surface area contributed by atoms with Crippen molar-refractivity contribution >= 4 is 0 Å². The molecule has 2 aromatic rings. The van der Waals surface area contributed by atoms with Crippen LogP contribution in [0.3, 0.4) is 0 Å². The lowest BCUT2D eigenvalue weighted by molar-refractivity contribution is 0.278. The minimum atomic E-state index is 0.0323. The zero-order chi connectivity index (χ0) is 15.2. The summed E-state index contributed by atoms with van der Waals surface area (Å²) >= 11 is 0. The van der Waals surface area contributed by atoms with Crippen molar-refractivity contribution in [3.8, 4) is 11.5 Å². The Bertz CT molecular complexity index is 691. The second-order valence-electron chi connectivity index (χ2n) is 6.93. The fraction of sp³-hybridized carbons (Fsp3) is 0.471. The molecule has 0 aromatic carbocycles. The lowest BCUT2D eigenvalue weighted by atomic mass is 9.74. The predicted molar refractivity (Wildman–Crippen MR) is 83.8 cm³/mol. The van der Waals surface area contributed by atoms with Crippen molar-refractivity contribution in [2.45, 2.75) is 46.6 Å². The van der Waals surface area contributed by atoms with Crippen molar-refractivity contribution in [1.29, 1.82) is 0 Å². The highest BCUT2D eigenvalue weighted by atomic mass is 14.9. The van der Waals surface area contributed by atoms with Crippen LogP contribution in [0.4, 0.5) is 0 Å². The normalized spacial score (nSPS) is 20.1. The van der Waals surface area contributed by atoms with Crippen LogP contribution < -0.4 is 5.73 Å². The summed E-state index contributed by atoms with van der Waals surface area (Å²) in [6.07, 6.45) is 5.67. The summed E-state index contributed by atoms with van der Waals surface area (Å²) in [5.74, 6) is 0.705. The number of aromatic nitrogens is 3. The first-order valence-corrected chi connectivity index (χ1v) is 7.41. The van der Waals surface area contributed by atoms with Gasteiger partial charge in [-0.15, -0.1) is 0 Å². The van der Waals surface area contributed by atoms with Gasteiger partial charge in [-0.2, -0.15) is 0 Å². The molecule has 0 amide bonds. The van der Waals surface area contributed by atoms with E-state index in [1.165, 1.54) is 0 Å². The Kier molecular flexibility index (Phi) is 3.29. The molecule has 0 saturated heterocycles. The van der Waals surface area contributed by atoms with Crippen LogP contribution in [0.1, 0.15) is 48.7 Å². The summed E-state index contributed by atoms with van der Waals surface area (Å²) in [5.41, 5.74) is 11.7. The lowest BCUT2D eigenvalue weighted by Gasteiger charge is -2.34. The standard InChI is InChI=1S/C17H22N4/c1-10-5-11(2)15(19-8-10)16-20-9-12-13(18)6-17(3,4)7-14(12)21-16/h5,8-9,13H,6-7,18H2,1-4H3. The maximum absolute atomic E-state index is 6.26. The average molecular weight is 282 g/mol. The first-order valence-electron chi connectivity index (χ1n) is 7.41. The average Bonchev–Trinajstić information content (AvgIpc) is 2.36. The molecule has 2 N–H and O–H groups in total. The van der Waals surface area contributed by atoms with Crippen LogP contribution in [0.25, 0.3) is 11.5 Å². The van der Waals surface area contributed by atoms with E-state index in [-0.39, 0.29) is 11.5 Å². The van der Waals surface area contributed by atoms with Crippen LogP contribution in [0.15, 0.2) is 18.5 Å². The Morgan fingerprint density at radius 1 is 1.19 bits per heavy atom. The van der Waals surface area contributed by atoms with Gasteiger partial charge in [0, 0.05) is 29.7 Å². The number of nitrogens with zero attached hydrogens (tertiary/aromatic N) is 3. The first kappa shape index (κ1) is 14.1. The number of nitrogens with two attached hydrogens (primary N) is 1. The summed E-state index contributed by atoms with van der Waals surface area (Å²) in [7, 11) is 0. The van der Waals surface area contributed by atoms with E-state index in [0.29, 0.717) is 5.82 Å². The van der Waals surface area contributed by atoms with Crippen molar-refractivity contribution in [1.82, 2.24) is 15.0 Å². The van der Waals surface area contributed by atoms with Crippen molar-refractivity contribution in [3.05, 3.63) is 40.8 Å². The molecule has 4 heteroatoms. The SMILES string of the molecule is Cc1cnc(-c2ncc3c(n2)CC(C)(C)CC3N)c(C)c1. The lowest BCUT2D eigenvalue weighted by Crippen LogP contribution is -2.30. The Hall–Kier alpha value is -1.81. The van der Waals surface area contributed by atoms with Gasteiger partial charge in [-0.1, -0.05) is 19.9 Å². The van der Waals surface area contributed by atoms with Crippen LogP contribution >= 0.6 is 0 Å². The fourth-order valence-corrected chi connectivity index (χ4v) is 3.17. The zero-order valence-corrected chi connectivity index (χ0v) is 13.1. The highest BCUT2D eigenvalue weighted by Gasteiger charge is 2.31. The molecule has 0 radical (unpaired) electrons. The van der Waals surface area contributed by atoms with E-state index < -0.39 is 0 Å². The summed E-state index contributed by atoms with van der Waals surface area (Å²) in [6.45, 7) is 8.58. The minimum Gasteiger partial charge on any atom is -0.324 e. The molecule has 1 aliphatic rings. The number of rotatable bonds is 1. The second-order valence-corrected chi connectivity index (χ2v) is 6.93. The molecule has 110 valence electrons. The molecule has 0 fully saturated rings. The van der Waals surface area contributed by atoms with E-state index in [2.05, 4.69) is 29.9 Å². The molecule has 0 aliphatic heterocycles. The number of hydrogen-bond donors (Lipinski definition) is 1. The van der Waals surface area contributed by atoms with Crippen molar-refractivity contribution in [2.24, 2.45) is 11.1 Å². The molecule has 2 aromatic heterocycles. The Morgan fingerprint density at radius 3 is 2.67 bits per heavy atom. The number of aryl methyl sites for hydroxylation is 2. The van der Waals surface area contributed by atoms with Crippen LogP contribution in [0.5, 0.6) is 0 Å². The number of fused-ring (bicyclic) bond motifs is 1. The van der Waals surface area contributed by atoms with Crippen molar-refractivity contribution < 1.29 is 0 Å². The van der Waals surface area contributed by atoms with E-state index in [1.54, 1.807) is 0 Å². The highest BCUT2D eigenvalue weighted by Crippen LogP contribution is 2.38. The third-order valence-electron chi connectivity index (χ3n) is 4.14. The van der Waals surface area contributed by atoms with Gasteiger partial charge in [0.2, 0.25) is 0 Å². The van der Waals surface area contributed by atoms with Crippen LogP contribution in [-0.2, 0) is 6.42 Å². The molecule has 0 spiro atoms. The molecular weight excluding hydrogens is 260 g/mol. The van der Waals surface area contributed by atoms with Gasteiger partial charge in [-0.25, -0.2) is 9.97 Å². The molecule has 1 unspecified atom stereocenters. The second kappa shape index (κ2) is 4.88. The molecule has 0 bridgehead atoms. The van der Waals surface area contributed by atoms with Crippen molar-refractivity contribution in [3.63, 3.8) is 0 Å². The van der Waals surface area contributed by atoms with E-state index in [1.807, 2.05) is 26.2 Å². The molecule has 3 rings (SSSR count). The third kappa shape index (κ3) is 2.68. The third-order valence-corrected chi connectivity index (χ3v) is 4.14. The largest absolute Gasteiger partial charge is 0.324 e. The summed E-state index contributed by atoms with van der Waals surface area (Å²) in [5, 5.41) is 0. The molecule has 1 aliphatic carbocycles. The van der Waals surface area contributed by atoms with Gasteiger partial charge in [-0.05, 0) is 43.2 Å². The topological polar surface area (TPSA) is 64.7 Å². The molecule has 21 heavy (non-hydrogen) atoms. The number of pyridine rings is 1. The predicted octanol–water partition coefficient (Wildman–Crippen LogP) is 3.13. The molecule has 0 saturated carbocycles. The highest BCUT2D eigenvalue weighted by molar-refractivity contribution is 5.55. The maximum atomic E-state index is 6.26. The smallest absolute Gasteiger partial charge is 0.178 e. The van der Waals surface area contributed by atoms with Gasteiger partial charge in [0.05, 0.1) is 0 Å². The summed E-state index contributed by atoms with van der Waals surface area (Å²) in [4.78, 5) is 13.8. The van der Waals surface area contributed by atoms with Gasteiger partial charge in [0.1, 0.15) is 5.69 Å². The molecule has 1 atom stereocenters. The number of hydrogen-bond acceptors (Lipinski definition) is 4. The van der Waals surface area contributed by atoms with Gasteiger partial charge in [-0.3, -0.25) is 4.98 Å². The zero-order valence-electron chi connectivity index (χ0n) is 13.1. The Balaban J connectivity index is 2.07. The fourth-order valence-electron chi connectivity index (χ4n) is 3.17. The van der Waals surface area contributed by atoms with Crippen LogP contribution in [0.2, 0.25) is 0 Å². The van der Waals surface area contributed by atoms with Gasteiger partial charge in [0.15, 0.2) is 5.82 Å². The van der Waals surface area contributed by atoms with E-state index >= 15 is 0 Å². The molecule has 4 nitrogen and oxygen atoms in total. The quantitative estimate of drug-likeness (QED) is 0.872.